The highest BCUT2D eigenvalue weighted by Gasteiger charge is 2.35. The van der Waals surface area contributed by atoms with Crippen molar-refractivity contribution in [2.75, 3.05) is 18.1 Å². The van der Waals surface area contributed by atoms with Gasteiger partial charge in [-0.1, -0.05) is 36.7 Å². The van der Waals surface area contributed by atoms with Crippen LogP contribution < -0.4 is 4.74 Å². The maximum absolute atomic E-state index is 13.2. The van der Waals surface area contributed by atoms with Crippen LogP contribution in [0, 0.1) is 0 Å². The molecule has 150 valence electrons. The van der Waals surface area contributed by atoms with Crippen molar-refractivity contribution >= 4 is 27.3 Å². The van der Waals surface area contributed by atoms with E-state index in [1.807, 2.05) is 25.1 Å². The largest absolute Gasteiger partial charge is 0.494 e. The SMILES string of the molecule is CCCOc1ccc(C(=O)N(Cc2ccccc2Cl)[C@@H]2CCS(=O)(=O)C2)cc1. The van der Waals surface area contributed by atoms with Gasteiger partial charge in [-0.05, 0) is 48.7 Å². The predicted molar refractivity (Wildman–Crippen MR) is 111 cm³/mol. The lowest BCUT2D eigenvalue weighted by atomic mass is 10.1. The maximum Gasteiger partial charge on any atom is 0.254 e. The molecule has 5 nitrogen and oxygen atoms in total. The standard InChI is InChI=1S/C21H24ClNO4S/c1-2-12-27-19-9-7-16(8-10-19)21(24)23(18-11-13-28(25,26)15-18)14-17-5-3-4-6-20(17)22/h3-10,18H,2,11-15H2,1H3/t18-/m1/s1. The van der Waals surface area contributed by atoms with Crippen LogP contribution in [0.4, 0.5) is 0 Å². The highest BCUT2D eigenvalue weighted by Crippen LogP contribution is 2.25. The zero-order valence-corrected chi connectivity index (χ0v) is 17.4. The molecule has 0 saturated carbocycles. The first-order valence-corrected chi connectivity index (χ1v) is 11.6. The van der Waals surface area contributed by atoms with Crippen LogP contribution in [0.15, 0.2) is 48.5 Å². The molecule has 2 aromatic rings. The van der Waals surface area contributed by atoms with E-state index in [1.165, 1.54) is 0 Å². The Hall–Kier alpha value is -2.05. The van der Waals surface area contributed by atoms with Crippen molar-refractivity contribution in [1.82, 2.24) is 4.90 Å². The lowest BCUT2D eigenvalue weighted by Crippen LogP contribution is -2.40. The second kappa shape index (κ2) is 8.97. The molecule has 0 bridgehead atoms. The molecule has 1 saturated heterocycles. The summed E-state index contributed by atoms with van der Waals surface area (Å²) >= 11 is 6.28. The van der Waals surface area contributed by atoms with Gasteiger partial charge in [-0.2, -0.15) is 0 Å². The minimum atomic E-state index is -3.12. The molecule has 0 aliphatic carbocycles. The molecule has 0 aromatic heterocycles. The summed E-state index contributed by atoms with van der Waals surface area (Å²) in [5, 5.41) is 0.560. The average molecular weight is 422 g/mol. The summed E-state index contributed by atoms with van der Waals surface area (Å²) in [5.74, 6) is 0.595. The topological polar surface area (TPSA) is 63.7 Å². The minimum absolute atomic E-state index is 0.0130. The smallest absolute Gasteiger partial charge is 0.254 e. The molecule has 1 aliphatic heterocycles. The number of carbonyl (C=O) groups is 1. The summed E-state index contributed by atoms with van der Waals surface area (Å²) in [6, 6.07) is 13.9. The van der Waals surface area contributed by atoms with E-state index in [0.717, 1.165) is 12.0 Å². The van der Waals surface area contributed by atoms with Crippen LogP contribution in [-0.4, -0.2) is 43.4 Å². The quantitative estimate of drug-likeness (QED) is 0.678. The second-order valence-electron chi connectivity index (χ2n) is 6.95. The Balaban J connectivity index is 1.85. The van der Waals surface area contributed by atoms with Crippen molar-refractivity contribution in [3.05, 3.63) is 64.7 Å². The van der Waals surface area contributed by atoms with Gasteiger partial charge in [-0.25, -0.2) is 8.42 Å². The zero-order valence-electron chi connectivity index (χ0n) is 15.8. The molecule has 1 aliphatic rings. The summed E-state index contributed by atoms with van der Waals surface area (Å²) < 4.78 is 29.5. The first-order valence-electron chi connectivity index (χ1n) is 9.37. The summed E-state index contributed by atoms with van der Waals surface area (Å²) in [7, 11) is -3.12. The summed E-state index contributed by atoms with van der Waals surface area (Å²) in [4.78, 5) is 14.9. The van der Waals surface area contributed by atoms with Gasteiger partial charge < -0.3 is 9.64 Å². The Kier molecular flexibility index (Phi) is 6.62. The maximum atomic E-state index is 13.2. The second-order valence-corrected chi connectivity index (χ2v) is 9.59. The van der Waals surface area contributed by atoms with E-state index in [0.29, 0.717) is 29.4 Å². The molecule has 2 aromatic carbocycles. The van der Waals surface area contributed by atoms with E-state index in [1.54, 1.807) is 35.2 Å². The van der Waals surface area contributed by atoms with Gasteiger partial charge >= 0.3 is 0 Å². The average Bonchev–Trinajstić information content (AvgIpc) is 3.05. The first-order chi connectivity index (χ1) is 13.4. The molecule has 3 rings (SSSR count). The molecule has 0 radical (unpaired) electrons. The third-order valence-electron chi connectivity index (χ3n) is 4.78. The molecule has 1 heterocycles. The van der Waals surface area contributed by atoms with Crippen LogP contribution in [0.3, 0.4) is 0 Å². The highest BCUT2D eigenvalue weighted by atomic mass is 35.5. The summed E-state index contributed by atoms with van der Waals surface area (Å²) in [6.07, 6.45) is 1.35. The number of benzene rings is 2. The van der Waals surface area contributed by atoms with Crippen molar-refractivity contribution in [3.63, 3.8) is 0 Å². The number of amides is 1. The Morgan fingerprint density at radius 1 is 1.18 bits per heavy atom. The molecule has 1 atom stereocenters. The monoisotopic (exact) mass is 421 g/mol. The van der Waals surface area contributed by atoms with E-state index in [9.17, 15) is 13.2 Å². The molecule has 0 unspecified atom stereocenters. The van der Waals surface area contributed by atoms with Gasteiger partial charge in [-0.15, -0.1) is 0 Å². The van der Waals surface area contributed by atoms with E-state index < -0.39 is 9.84 Å². The van der Waals surface area contributed by atoms with Gasteiger partial charge in [0, 0.05) is 23.2 Å². The van der Waals surface area contributed by atoms with Crippen molar-refractivity contribution in [2.24, 2.45) is 0 Å². The molecule has 7 heteroatoms. The Labute approximate surface area is 171 Å². The normalized spacial score (nSPS) is 18.0. The molecular formula is C21H24ClNO4S. The number of carbonyl (C=O) groups excluding carboxylic acids is 1. The molecule has 1 amide bonds. The number of nitrogens with zero attached hydrogens (tertiary/aromatic N) is 1. The van der Waals surface area contributed by atoms with Crippen LogP contribution >= 0.6 is 11.6 Å². The van der Waals surface area contributed by atoms with E-state index in [-0.39, 0.29) is 30.0 Å². The van der Waals surface area contributed by atoms with Crippen LogP contribution in [0.5, 0.6) is 5.75 Å². The van der Waals surface area contributed by atoms with Crippen molar-refractivity contribution in [2.45, 2.75) is 32.4 Å². The predicted octanol–water partition coefficient (Wildman–Crippen LogP) is 3.96. The van der Waals surface area contributed by atoms with E-state index in [2.05, 4.69) is 0 Å². The molecule has 1 fully saturated rings. The molecule has 28 heavy (non-hydrogen) atoms. The van der Waals surface area contributed by atoms with Crippen molar-refractivity contribution in [3.8, 4) is 5.75 Å². The lowest BCUT2D eigenvalue weighted by Gasteiger charge is -2.29. The zero-order chi connectivity index (χ0) is 20.1. The van der Waals surface area contributed by atoms with Crippen molar-refractivity contribution < 1.29 is 17.9 Å². The number of rotatable bonds is 7. The lowest BCUT2D eigenvalue weighted by molar-refractivity contribution is 0.0681. The van der Waals surface area contributed by atoms with Gasteiger partial charge in [-0.3, -0.25) is 4.79 Å². The minimum Gasteiger partial charge on any atom is -0.494 e. The van der Waals surface area contributed by atoms with E-state index in [4.69, 9.17) is 16.3 Å². The van der Waals surface area contributed by atoms with Gasteiger partial charge in [0.2, 0.25) is 0 Å². The number of hydrogen-bond donors (Lipinski definition) is 0. The summed E-state index contributed by atoms with van der Waals surface area (Å²) in [5.41, 5.74) is 1.30. The van der Waals surface area contributed by atoms with Crippen LogP contribution in [-0.2, 0) is 16.4 Å². The third kappa shape index (κ3) is 5.06. The summed E-state index contributed by atoms with van der Waals surface area (Å²) in [6.45, 7) is 2.92. The molecule has 0 spiro atoms. The molecular weight excluding hydrogens is 398 g/mol. The fraction of sp³-hybridized carbons (Fsp3) is 0.381. The Morgan fingerprint density at radius 3 is 2.50 bits per heavy atom. The van der Waals surface area contributed by atoms with Gasteiger partial charge in [0.1, 0.15) is 5.75 Å². The Bertz CT molecular complexity index is 928. The van der Waals surface area contributed by atoms with E-state index >= 15 is 0 Å². The van der Waals surface area contributed by atoms with Crippen LogP contribution in [0.1, 0.15) is 35.7 Å². The Morgan fingerprint density at radius 2 is 1.89 bits per heavy atom. The third-order valence-corrected chi connectivity index (χ3v) is 6.90. The molecule has 0 N–H and O–H groups in total. The first kappa shape index (κ1) is 20.7. The van der Waals surface area contributed by atoms with Gasteiger partial charge in [0.25, 0.3) is 5.91 Å². The fourth-order valence-electron chi connectivity index (χ4n) is 3.28. The number of halogens is 1. The van der Waals surface area contributed by atoms with Crippen molar-refractivity contribution in [1.29, 1.82) is 0 Å². The van der Waals surface area contributed by atoms with Gasteiger partial charge in [0.05, 0.1) is 18.1 Å². The van der Waals surface area contributed by atoms with Crippen LogP contribution in [0.25, 0.3) is 0 Å². The number of hydrogen-bond acceptors (Lipinski definition) is 4. The fourth-order valence-corrected chi connectivity index (χ4v) is 5.20. The van der Waals surface area contributed by atoms with Crippen LogP contribution in [0.2, 0.25) is 5.02 Å². The number of sulfone groups is 1. The highest BCUT2D eigenvalue weighted by molar-refractivity contribution is 7.91. The number of ether oxygens (including phenoxy) is 1. The van der Waals surface area contributed by atoms with Gasteiger partial charge in [0.15, 0.2) is 9.84 Å².